The molecule has 2 aliphatic rings. The van der Waals surface area contributed by atoms with E-state index in [1.807, 2.05) is 44.2 Å². The molecule has 176 valence electrons. The molecule has 3 amide bonds. The van der Waals surface area contributed by atoms with E-state index < -0.39 is 17.5 Å². The van der Waals surface area contributed by atoms with Crippen molar-refractivity contribution in [1.29, 1.82) is 0 Å². The van der Waals surface area contributed by atoms with E-state index in [0.717, 1.165) is 41.3 Å². The van der Waals surface area contributed by atoms with Gasteiger partial charge in [0.15, 0.2) is 5.78 Å². The molecule has 4 rings (SSSR count). The highest BCUT2D eigenvalue weighted by atomic mass is 16.5. The van der Waals surface area contributed by atoms with E-state index >= 15 is 0 Å². The second-order valence-corrected chi connectivity index (χ2v) is 9.10. The van der Waals surface area contributed by atoms with E-state index in [2.05, 4.69) is 9.88 Å². The van der Waals surface area contributed by atoms with E-state index in [9.17, 15) is 14.4 Å². The molecule has 2 aliphatic heterocycles. The molecule has 2 atom stereocenters. The summed E-state index contributed by atoms with van der Waals surface area (Å²) in [6.45, 7) is 6.71. The summed E-state index contributed by atoms with van der Waals surface area (Å²) in [5.74, 6) is -0.0272. The third kappa shape index (κ3) is 4.39. The second kappa shape index (κ2) is 9.02. The zero-order chi connectivity index (χ0) is 23.8. The molecule has 0 radical (unpaired) electrons. The van der Waals surface area contributed by atoms with Crippen LogP contribution in [-0.2, 0) is 22.5 Å². The molecule has 8 nitrogen and oxygen atoms in total. The smallest absolute Gasteiger partial charge is 0.325 e. The molecule has 1 aromatic heterocycles. The van der Waals surface area contributed by atoms with Crippen molar-refractivity contribution in [2.45, 2.75) is 58.2 Å². The monoisotopic (exact) mass is 453 g/mol. The molecule has 2 fully saturated rings. The number of ether oxygens (including phenoxy) is 2. The van der Waals surface area contributed by atoms with Crippen molar-refractivity contribution < 1.29 is 23.9 Å². The van der Waals surface area contributed by atoms with Gasteiger partial charge in [-0.2, -0.15) is 0 Å². The number of rotatable bonds is 8. The number of amides is 3. The van der Waals surface area contributed by atoms with Crippen molar-refractivity contribution in [3.05, 3.63) is 52.8 Å². The minimum atomic E-state index is -1.15. The van der Waals surface area contributed by atoms with Crippen LogP contribution >= 0.6 is 0 Å². The Kier molecular flexibility index (Phi) is 6.30. The van der Waals surface area contributed by atoms with Gasteiger partial charge in [0.1, 0.15) is 11.3 Å². The van der Waals surface area contributed by atoms with E-state index in [0.29, 0.717) is 17.9 Å². The van der Waals surface area contributed by atoms with Crippen LogP contribution in [0.25, 0.3) is 0 Å². The van der Waals surface area contributed by atoms with Crippen LogP contribution in [0.3, 0.4) is 0 Å². The normalized spacial score (nSPS) is 22.7. The average molecular weight is 454 g/mol. The van der Waals surface area contributed by atoms with Gasteiger partial charge < -0.3 is 19.4 Å². The number of nitrogens with one attached hydrogen (secondary N) is 1. The number of hydrogen-bond acceptors (Lipinski definition) is 5. The molecule has 0 spiro atoms. The van der Waals surface area contributed by atoms with Gasteiger partial charge in [-0.05, 0) is 51.3 Å². The van der Waals surface area contributed by atoms with Crippen molar-refractivity contribution in [2.24, 2.45) is 0 Å². The Balaban J connectivity index is 1.49. The molecule has 1 aromatic carbocycles. The first-order chi connectivity index (χ1) is 15.7. The van der Waals surface area contributed by atoms with Gasteiger partial charge in [0, 0.05) is 36.5 Å². The molecule has 2 aromatic rings. The zero-order valence-electron chi connectivity index (χ0n) is 19.6. The fourth-order valence-corrected chi connectivity index (χ4v) is 4.83. The lowest BCUT2D eigenvalue weighted by molar-refractivity contribution is -0.130. The van der Waals surface area contributed by atoms with Crippen LogP contribution in [-0.4, -0.2) is 59.1 Å². The van der Waals surface area contributed by atoms with Crippen molar-refractivity contribution in [3.63, 3.8) is 0 Å². The van der Waals surface area contributed by atoms with Crippen molar-refractivity contribution >= 4 is 17.7 Å². The lowest BCUT2D eigenvalue weighted by Crippen LogP contribution is -2.46. The maximum Gasteiger partial charge on any atom is 0.325 e. The summed E-state index contributed by atoms with van der Waals surface area (Å²) in [6.07, 6.45) is 2.48. The number of carbonyl (C=O) groups excluding carboxylic acids is 3. The van der Waals surface area contributed by atoms with Crippen LogP contribution in [0.1, 0.15) is 47.1 Å². The molecule has 1 N–H and O–H groups in total. The first kappa shape index (κ1) is 23.0. The van der Waals surface area contributed by atoms with E-state index in [1.54, 1.807) is 14.0 Å². The third-order valence-corrected chi connectivity index (χ3v) is 6.67. The molecular formula is C25H31N3O5. The molecule has 3 heterocycles. The van der Waals surface area contributed by atoms with Gasteiger partial charge >= 0.3 is 6.03 Å². The summed E-state index contributed by atoms with van der Waals surface area (Å²) < 4.78 is 13.2. The number of methoxy groups -OCH3 is 1. The SMILES string of the molecule is COc1ccccc1C[C@]1(C)NC(=O)N(CC(=O)c2cc(C)n(C[C@@H]3CCCO3)c2C)C1=O. The van der Waals surface area contributed by atoms with Gasteiger partial charge in [-0.15, -0.1) is 0 Å². The molecule has 0 unspecified atom stereocenters. The quantitative estimate of drug-likeness (QED) is 0.490. The third-order valence-electron chi connectivity index (χ3n) is 6.67. The Morgan fingerprint density at radius 3 is 2.73 bits per heavy atom. The Morgan fingerprint density at radius 2 is 2.03 bits per heavy atom. The number of para-hydroxylation sites is 1. The van der Waals surface area contributed by atoms with Gasteiger partial charge in [0.05, 0.1) is 19.8 Å². The van der Waals surface area contributed by atoms with Crippen molar-refractivity contribution in [1.82, 2.24) is 14.8 Å². The summed E-state index contributed by atoms with van der Waals surface area (Å²) in [5, 5.41) is 2.77. The lowest BCUT2D eigenvalue weighted by Gasteiger charge is -2.22. The van der Waals surface area contributed by atoms with Gasteiger partial charge in [-0.25, -0.2) is 4.79 Å². The van der Waals surface area contributed by atoms with Crippen molar-refractivity contribution in [3.8, 4) is 5.75 Å². The summed E-state index contributed by atoms with van der Waals surface area (Å²) in [7, 11) is 1.57. The summed E-state index contributed by atoms with van der Waals surface area (Å²) in [4.78, 5) is 40.1. The topological polar surface area (TPSA) is 89.9 Å². The average Bonchev–Trinajstić information content (AvgIpc) is 3.45. The predicted octanol–water partition coefficient (Wildman–Crippen LogP) is 3.03. The molecule has 8 heteroatoms. The number of imide groups is 1. The summed E-state index contributed by atoms with van der Waals surface area (Å²) in [5.41, 5.74) is 1.98. The Hall–Kier alpha value is -3.13. The lowest BCUT2D eigenvalue weighted by atomic mass is 9.92. The van der Waals surface area contributed by atoms with Gasteiger partial charge in [-0.3, -0.25) is 14.5 Å². The highest BCUT2D eigenvalue weighted by molar-refractivity contribution is 6.11. The highest BCUT2D eigenvalue weighted by Crippen LogP contribution is 2.28. The second-order valence-electron chi connectivity index (χ2n) is 9.10. The Morgan fingerprint density at radius 1 is 1.27 bits per heavy atom. The fraction of sp³-hybridized carbons (Fsp3) is 0.480. The van der Waals surface area contributed by atoms with Crippen LogP contribution < -0.4 is 10.1 Å². The Labute approximate surface area is 193 Å². The number of urea groups is 1. The number of aromatic nitrogens is 1. The van der Waals surface area contributed by atoms with Gasteiger partial charge in [0.2, 0.25) is 0 Å². The molecular weight excluding hydrogens is 422 g/mol. The Bertz CT molecular complexity index is 1090. The van der Waals surface area contributed by atoms with Gasteiger partial charge in [-0.1, -0.05) is 18.2 Å². The molecule has 2 saturated heterocycles. The molecule has 33 heavy (non-hydrogen) atoms. The number of carbonyl (C=O) groups is 3. The minimum absolute atomic E-state index is 0.152. The maximum absolute atomic E-state index is 13.2. The number of ketones is 1. The number of aryl methyl sites for hydroxylation is 1. The van der Waals surface area contributed by atoms with Crippen LogP contribution in [0.2, 0.25) is 0 Å². The predicted molar refractivity (Wildman–Crippen MR) is 123 cm³/mol. The van der Waals surface area contributed by atoms with E-state index in [1.165, 1.54) is 0 Å². The van der Waals surface area contributed by atoms with E-state index in [4.69, 9.17) is 9.47 Å². The first-order valence-corrected chi connectivity index (χ1v) is 11.3. The summed E-state index contributed by atoms with van der Waals surface area (Å²) in [6, 6.07) is 8.65. The minimum Gasteiger partial charge on any atom is -0.496 e. The highest BCUT2D eigenvalue weighted by Gasteiger charge is 2.48. The largest absolute Gasteiger partial charge is 0.496 e. The zero-order valence-corrected chi connectivity index (χ0v) is 19.6. The number of Topliss-reactive ketones (excluding diaryl/α,β-unsaturated/α-hetero) is 1. The van der Waals surface area contributed by atoms with Crippen LogP contribution in [0.4, 0.5) is 4.79 Å². The molecule has 0 aliphatic carbocycles. The number of benzene rings is 1. The number of hydrogen-bond donors (Lipinski definition) is 1. The van der Waals surface area contributed by atoms with Crippen LogP contribution in [0, 0.1) is 13.8 Å². The van der Waals surface area contributed by atoms with Crippen LogP contribution in [0.5, 0.6) is 5.75 Å². The number of nitrogens with zero attached hydrogens (tertiary/aromatic N) is 2. The maximum atomic E-state index is 13.2. The molecule has 0 saturated carbocycles. The summed E-state index contributed by atoms with van der Waals surface area (Å²) >= 11 is 0. The first-order valence-electron chi connectivity index (χ1n) is 11.3. The van der Waals surface area contributed by atoms with Crippen LogP contribution in [0.15, 0.2) is 30.3 Å². The van der Waals surface area contributed by atoms with E-state index in [-0.39, 0.29) is 24.9 Å². The fourth-order valence-electron chi connectivity index (χ4n) is 4.83. The standard InChI is InChI=1S/C25H31N3O5/c1-16-12-20(17(2)27(16)14-19-9-7-11-33-19)21(29)15-28-23(30)25(3,26-24(28)31)13-18-8-5-6-10-22(18)32-4/h5-6,8,10,12,19H,7,9,11,13-15H2,1-4H3,(H,26,31)/t19-,25-/m0/s1. The van der Waals surface area contributed by atoms with Crippen molar-refractivity contribution in [2.75, 3.05) is 20.3 Å². The molecule has 0 bridgehead atoms. The van der Waals surface area contributed by atoms with Gasteiger partial charge in [0.25, 0.3) is 5.91 Å².